The molecule has 6 heteroatoms. The minimum absolute atomic E-state index is 0.0402. The number of aromatic nitrogens is 3. The Balaban J connectivity index is 1.68. The maximum absolute atomic E-state index is 12.8. The number of benzene rings is 2. The van der Waals surface area contributed by atoms with Gasteiger partial charge in [-0.15, -0.1) is 0 Å². The highest BCUT2D eigenvalue weighted by molar-refractivity contribution is 6.31. The minimum atomic E-state index is -0.349. The summed E-state index contributed by atoms with van der Waals surface area (Å²) in [6.07, 6.45) is 6.53. The summed E-state index contributed by atoms with van der Waals surface area (Å²) < 4.78 is 1.69. The SMILES string of the molecule is N#C/C(=C/c1cnn(-c2ccccc2)c1)C(=O)c1c[nH]c2cc(Cl)ccc12. The summed E-state index contributed by atoms with van der Waals surface area (Å²) in [6, 6.07) is 16.8. The third kappa shape index (κ3) is 3.26. The number of para-hydroxylation sites is 1. The van der Waals surface area contributed by atoms with Gasteiger partial charge in [-0.05, 0) is 30.3 Å². The fourth-order valence-corrected chi connectivity index (χ4v) is 3.05. The molecule has 4 aromatic rings. The van der Waals surface area contributed by atoms with Crippen LogP contribution < -0.4 is 0 Å². The molecule has 0 aliphatic carbocycles. The molecule has 2 aromatic heterocycles. The predicted octanol–water partition coefficient (Wildman–Crippen LogP) is 4.80. The van der Waals surface area contributed by atoms with Crippen LogP contribution in [0.5, 0.6) is 0 Å². The van der Waals surface area contributed by atoms with Crippen LogP contribution in [0.15, 0.2) is 72.7 Å². The second-order valence-electron chi connectivity index (χ2n) is 5.94. The van der Waals surface area contributed by atoms with E-state index in [-0.39, 0.29) is 11.4 Å². The molecule has 0 bridgehead atoms. The molecule has 0 aliphatic rings. The van der Waals surface area contributed by atoms with Crippen molar-refractivity contribution in [3.63, 3.8) is 0 Å². The molecule has 2 heterocycles. The van der Waals surface area contributed by atoms with Gasteiger partial charge in [-0.25, -0.2) is 4.68 Å². The highest BCUT2D eigenvalue weighted by Gasteiger charge is 2.17. The van der Waals surface area contributed by atoms with Crippen molar-refractivity contribution in [1.29, 1.82) is 5.26 Å². The first kappa shape index (κ1) is 16.8. The molecule has 0 saturated carbocycles. The average Bonchev–Trinajstić information content (AvgIpc) is 3.33. The first-order valence-corrected chi connectivity index (χ1v) is 8.57. The number of allylic oxidation sites excluding steroid dienone is 1. The molecule has 0 saturated heterocycles. The number of Topliss-reactive ketones (excluding diaryl/α,β-unsaturated/α-hetero) is 1. The third-order valence-electron chi connectivity index (χ3n) is 4.19. The average molecular weight is 373 g/mol. The number of halogens is 1. The fraction of sp³-hybridized carbons (Fsp3) is 0. The van der Waals surface area contributed by atoms with E-state index in [2.05, 4.69) is 10.1 Å². The van der Waals surface area contributed by atoms with Gasteiger partial charge in [0.05, 0.1) is 11.9 Å². The summed E-state index contributed by atoms with van der Waals surface area (Å²) in [5, 5.41) is 15.1. The zero-order valence-corrected chi connectivity index (χ0v) is 14.8. The van der Waals surface area contributed by atoms with E-state index in [4.69, 9.17) is 11.6 Å². The van der Waals surface area contributed by atoms with Crippen molar-refractivity contribution in [2.24, 2.45) is 0 Å². The standard InChI is InChI=1S/C21H13ClN4O/c22-16-6-7-18-19(12-24-20(18)9-16)21(27)15(10-23)8-14-11-25-26(13-14)17-4-2-1-3-5-17/h1-9,11-13,24H/b15-8-. The van der Waals surface area contributed by atoms with E-state index in [1.807, 2.05) is 36.4 Å². The number of carbonyl (C=O) groups is 1. The van der Waals surface area contributed by atoms with Gasteiger partial charge in [0.2, 0.25) is 5.78 Å². The quantitative estimate of drug-likeness (QED) is 0.318. The van der Waals surface area contributed by atoms with E-state index in [9.17, 15) is 10.1 Å². The zero-order valence-electron chi connectivity index (χ0n) is 14.1. The van der Waals surface area contributed by atoms with Crippen LogP contribution in [0.3, 0.4) is 0 Å². The molecule has 0 spiro atoms. The van der Waals surface area contributed by atoms with Gasteiger partial charge in [0.25, 0.3) is 0 Å². The van der Waals surface area contributed by atoms with Crippen molar-refractivity contribution in [2.45, 2.75) is 0 Å². The normalized spacial score (nSPS) is 11.5. The van der Waals surface area contributed by atoms with Crippen molar-refractivity contribution in [3.8, 4) is 11.8 Å². The van der Waals surface area contributed by atoms with Crippen LogP contribution in [0.25, 0.3) is 22.7 Å². The Morgan fingerprint density at radius 3 is 2.81 bits per heavy atom. The lowest BCUT2D eigenvalue weighted by molar-refractivity contribution is 0.104. The molecule has 0 unspecified atom stereocenters. The van der Waals surface area contributed by atoms with Crippen molar-refractivity contribution in [1.82, 2.24) is 14.8 Å². The van der Waals surface area contributed by atoms with E-state index < -0.39 is 0 Å². The van der Waals surface area contributed by atoms with Crippen LogP contribution in [0.1, 0.15) is 15.9 Å². The van der Waals surface area contributed by atoms with E-state index in [0.29, 0.717) is 16.1 Å². The van der Waals surface area contributed by atoms with Crippen LogP contribution in [0.2, 0.25) is 5.02 Å². The molecule has 0 fully saturated rings. The molecule has 1 N–H and O–H groups in total. The Hall–Kier alpha value is -3.62. The highest BCUT2D eigenvalue weighted by Crippen LogP contribution is 2.24. The number of H-pyrrole nitrogens is 1. The fourth-order valence-electron chi connectivity index (χ4n) is 2.88. The molecule has 5 nitrogen and oxygen atoms in total. The smallest absolute Gasteiger partial charge is 0.205 e. The number of nitrogens with one attached hydrogen (secondary N) is 1. The van der Waals surface area contributed by atoms with Crippen LogP contribution in [-0.2, 0) is 0 Å². The molecule has 27 heavy (non-hydrogen) atoms. The maximum atomic E-state index is 12.8. The van der Waals surface area contributed by atoms with Crippen molar-refractivity contribution in [3.05, 3.63) is 88.8 Å². The number of nitriles is 1. The van der Waals surface area contributed by atoms with Gasteiger partial charge >= 0.3 is 0 Å². The zero-order chi connectivity index (χ0) is 18.8. The van der Waals surface area contributed by atoms with Crippen LogP contribution in [0, 0.1) is 11.3 Å². The van der Waals surface area contributed by atoms with Gasteiger partial charge in [0, 0.05) is 39.4 Å². The first-order chi connectivity index (χ1) is 13.2. The lowest BCUT2D eigenvalue weighted by atomic mass is 10.0. The van der Waals surface area contributed by atoms with Crippen molar-refractivity contribution in [2.75, 3.05) is 0 Å². The number of fused-ring (bicyclic) bond motifs is 1. The molecule has 0 aliphatic heterocycles. The Labute approximate surface area is 160 Å². The highest BCUT2D eigenvalue weighted by atomic mass is 35.5. The maximum Gasteiger partial charge on any atom is 0.205 e. The lowest BCUT2D eigenvalue weighted by Crippen LogP contribution is -2.00. The molecular weight excluding hydrogens is 360 g/mol. The summed E-state index contributed by atoms with van der Waals surface area (Å²) in [5.41, 5.74) is 2.80. The molecule has 0 radical (unpaired) electrons. The molecule has 2 aromatic carbocycles. The van der Waals surface area contributed by atoms with Gasteiger partial charge in [0.1, 0.15) is 11.6 Å². The first-order valence-electron chi connectivity index (χ1n) is 8.19. The summed E-state index contributed by atoms with van der Waals surface area (Å²) >= 11 is 5.98. The second-order valence-corrected chi connectivity index (χ2v) is 6.38. The number of hydrogen-bond acceptors (Lipinski definition) is 3. The Morgan fingerprint density at radius 1 is 1.22 bits per heavy atom. The summed E-state index contributed by atoms with van der Waals surface area (Å²) in [6.45, 7) is 0. The topological polar surface area (TPSA) is 74.5 Å². The second kappa shape index (κ2) is 6.94. The molecule has 0 amide bonds. The van der Waals surface area contributed by atoms with E-state index in [0.717, 1.165) is 16.6 Å². The lowest BCUT2D eigenvalue weighted by Gasteiger charge is -1.99. The molecule has 130 valence electrons. The molecule has 0 atom stereocenters. The van der Waals surface area contributed by atoms with Crippen molar-refractivity contribution < 1.29 is 4.79 Å². The summed E-state index contributed by atoms with van der Waals surface area (Å²) in [4.78, 5) is 15.9. The van der Waals surface area contributed by atoms with E-state index in [1.165, 1.54) is 0 Å². The molecule has 4 rings (SSSR count). The minimum Gasteiger partial charge on any atom is -0.360 e. The Morgan fingerprint density at radius 2 is 2.04 bits per heavy atom. The third-order valence-corrected chi connectivity index (χ3v) is 4.42. The summed E-state index contributed by atoms with van der Waals surface area (Å²) in [5.74, 6) is -0.349. The Bertz CT molecular complexity index is 1210. The van der Waals surface area contributed by atoms with Gasteiger partial charge in [-0.3, -0.25) is 4.79 Å². The predicted molar refractivity (Wildman–Crippen MR) is 105 cm³/mol. The van der Waals surface area contributed by atoms with Crippen LogP contribution in [0.4, 0.5) is 0 Å². The van der Waals surface area contributed by atoms with E-state index in [1.54, 1.807) is 47.5 Å². The number of nitrogens with zero attached hydrogens (tertiary/aromatic N) is 3. The number of carbonyl (C=O) groups excluding carboxylic acids is 1. The monoisotopic (exact) mass is 372 g/mol. The van der Waals surface area contributed by atoms with Gasteiger partial charge < -0.3 is 4.98 Å². The van der Waals surface area contributed by atoms with Crippen LogP contribution >= 0.6 is 11.6 Å². The van der Waals surface area contributed by atoms with Gasteiger partial charge in [-0.1, -0.05) is 35.9 Å². The van der Waals surface area contributed by atoms with Gasteiger partial charge in [-0.2, -0.15) is 10.4 Å². The number of aromatic amines is 1. The van der Waals surface area contributed by atoms with Crippen molar-refractivity contribution >= 4 is 34.4 Å². The summed E-state index contributed by atoms with van der Waals surface area (Å²) in [7, 11) is 0. The number of hydrogen-bond donors (Lipinski definition) is 1. The molecular formula is C21H13ClN4O. The van der Waals surface area contributed by atoms with Gasteiger partial charge in [0.15, 0.2) is 0 Å². The van der Waals surface area contributed by atoms with Crippen LogP contribution in [-0.4, -0.2) is 20.5 Å². The number of ketones is 1. The van der Waals surface area contributed by atoms with E-state index >= 15 is 0 Å². The number of rotatable bonds is 4. The largest absolute Gasteiger partial charge is 0.360 e. The Kier molecular flexibility index (Phi) is 4.33.